The van der Waals surface area contributed by atoms with E-state index in [4.69, 9.17) is 9.84 Å². The summed E-state index contributed by atoms with van der Waals surface area (Å²) in [7, 11) is 0. The molecule has 0 spiro atoms. The summed E-state index contributed by atoms with van der Waals surface area (Å²) in [4.78, 5) is 10.1. The van der Waals surface area contributed by atoms with Gasteiger partial charge in [-0.1, -0.05) is 6.08 Å². The van der Waals surface area contributed by atoms with Gasteiger partial charge in [0.05, 0.1) is 11.8 Å². The Morgan fingerprint density at radius 1 is 1.17 bits per heavy atom. The van der Waals surface area contributed by atoms with Crippen LogP contribution in [-0.4, -0.2) is 11.1 Å². The lowest BCUT2D eigenvalue weighted by atomic mass is 10.2. The second-order valence-electron chi connectivity index (χ2n) is 3.17. The lowest BCUT2D eigenvalue weighted by Gasteiger charge is -2.06. The molecule has 0 radical (unpaired) electrons. The average Bonchev–Trinajstić information content (AvgIpc) is 2.27. The van der Waals surface area contributed by atoms with E-state index >= 15 is 0 Å². The molecule has 1 rings (SSSR count). The van der Waals surface area contributed by atoms with Crippen LogP contribution in [0.5, 0.6) is 5.75 Å². The Hall–Kier alpha value is -2.24. The molecule has 0 unspecified atom stereocenters. The van der Waals surface area contributed by atoms with Crippen molar-refractivity contribution in [3.05, 3.63) is 54.3 Å². The molecule has 0 amide bonds. The number of alkyl halides is 3. The Bertz CT molecular complexity index is 458. The second-order valence-corrected chi connectivity index (χ2v) is 3.17. The molecular formula is C12H9F3O3. The molecule has 1 N–H and O–H groups in total. The largest absolute Gasteiger partial charge is 0.478 e. The lowest BCUT2D eigenvalue weighted by molar-refractivity contribution is -0.137. The van der Waals surface area contributed by atoms with Gasteiger partial charge in [0.15, 0.2) is 0 Å². The first kappa shape index (κ1) is 13.8. The van der Waals surface area contributed by atoms with E-state index in [2.05, 4.69) is 0 Å². The summed E-state index contributed by atoms with van der Waals surface area (Å²) in [6.45, 7) is 0. The summed E-state index contributed by atoms with van der Waals surface area (Å²) >= 11 is 0. The van der Waals surface area contributed by atoms with Crippen LogP contribution in [0, 0.1) is 0 Å². The Labute approximate surface area is 101 Å². The Balaban J connectivity index is 2.57. The Morgan fingerprint density at radius 3 is 2.28 bits per heavy atom. The van der Waals surface area contributed by atoms with Gasteiger partial charge in [-0.25, -0.2) is 4.79 Å². The maximum absolute atomic E-state index is 12.2. The predicted molar refractivity (Wildman–Crippen MR) is 58.0 cm³/mol. The summed E-state index contributed by atoms with van der Waals surface area (Å²) in [5, 5.41) is 8.27. The molecule has 0 saturated carbocycles. The van der Waals surface area contributed by atoms with Crippen LogP contribution >= 0.6 is 0 Å². The molecule has 1 aromatic carbocycles. The molecule has 0 heterocycles. The lowest BCUT2D eigenvalue weighted by Crippen LogP contribution is -2.03. The predicted octanol–water partition coefficient (Wildman–Crippen LogP) is 3.24. The van der Waals surface area contributed by atoms with E-state index in [0.29, 0.717) is 0 Å². The molecular weight excluding hydrogens is 249 g/mol. The summed E-state index contributed by atoms with van der Waals surface area (Å²) in [6, 6.07) is 4.15. The molecule has 6 heteroatoms. The Kier molecular flexibility index (Phi) is 4.53. The minimum atomic E-state index is -4.38. The molecule has 0 aliphatic rings. The molecule has 0 saturated heterocycles. The summed E-state index contributed by atoms with van der Waals surface area (Å²) in [5.41, 5.74) is -0.760. The van der Waals surface area contributed by atoms with Crippen LogP contribution in [0.4, 0.5) is 13.2 Å². The number of carboxylic acid groups (broad SMARTS) is 1. The molecule has 1 aromatic rings. The molecule has 0 aliphatic heterocycles. The van der Waals surface area contributed by atoms with Crippen molar-refractivity contribution in [3.8, 4) is 5.75 Å². The van der Waals surface area contributed by atoms with E-state index in [1.54, 1.807) is 0 Å². The van der Waals surface area contributed by atoms with Gasteiger partial charge in [-0.15, -0.1) is 0 Å². The third-order valence-corrected chi connectivity index (χ3v) is 1.81. The van der Waals surface area contributed by atoms with Crippen molar-refractivity contribution in [2.45, 2.75) is 6.18 Å². The maximum Gasteiger partial charge on any atom is 0.416 e. The van der Waals surface area contributed by atoms with Crippen LogP contribution < -0.4 is 4.74 Å². The summed E-state index contributed by atoms with van der Waals surface area (Å²) in [6.07, 6.45) is 0.228. The van der Waals surface area contributed by atoms with Gasteiger partial charge in [-0.3, -0.25) is 0 Å². The molecule has 0 atom stereocenters. The fourth-order valence-electron chi connectivity index (χ4n) is 1.02. The quantitative estimate of drug-likeness (QED) is 0.512. The number of aliphatic carboxylic acids is 1. The zero-order chi connectivity index (χ0) is 13.6. The number of benzene rings is 1. The minimum Gasteiger partial charge on any atom is -0.478 e. The zero-order valence-corrected chi connectivity index (χ0v) is 9.02. The average molecular weight is 258 g/mol. The van der Waals surface area contributed by atoms with E-state index in [1.807, 2.05) is 0 Å². The van der Waals surface area contributed by atoms with Gasteiger partial charge in [0, 0.05) is 6.08 Å². The number of allylic oxidation sites excluding steroid dienone is 2. The fraction of sp³-hybridized carbons (Fsp3) is 0.0833. The first-order valence-electron chi connectivity index (χ1n) is 4.79. The molecule has 0 aromatic heterocycles. The molecule has 0 aliphatic carbocycles. The van der Waals surface area contributed by atoms with Crippen molar-refractivity contribution in [3.63, 3.8) is 0 Å². The van der Waals surface area contributed by atoms with Crippen LogP contribution in [0.2, 0.25) is 0 Å². The van der Waals surface area contributed by atoms with E-state index in [1.165, 1.54) is 30.5 Å². The van der Waals surface area contributed by atoms with Gasteiger partial charge in [0.25, 0.3) is 0 Å². The molecule has 0 fully saturated rings. The van der Waals surface area contributed by atoms with Crippen molar-refractivity contribution < 1.29 is 27.8 Å². The van der Waals surface area contributed by atoms with Crippen LogP contribution in [0.15, 0.2) is 48.8 Å². The zero-order valence-electron chi connectivity index (χ0n) is 9.02. The van der Waals surface area contributed by atoms with Crippen molar-refractivity contribution >= 4 is 5.97 Å². The molecule has 0 bridgehead atoms. The number of ether oxygens (including phenoxy) is 1. The van der Waals surface area contributed by atoms with E-state index in [9.17, 15) is 18.0 Å². The van der Waals surface area contributed by atoms with Gasteiger partial charge in [0.2, 0.25) is 0 Å². The van der Waals surface area contributed by atoms with Crippen LogP contribution in [-0.2, 0) is 11.0 Å². The highest BCUT2D eigenvalue weighted by molar-refractivity contribution is 5.80. The minimum absolute atomic E-state index is 0.225. The van der Waals surface area contributed by atoms with Crippen LogP contribution in [0.25, 0.3) is 0 Å². The maximum atomic E-state index is 12.2. The number of halogens is 3. The fourth-order valence-corrected chi connectivity index (χ4v) is 1.02. The highest BCUT2D eigenvalue weighted by Gasteiger charge is 2.29. The smallest absolute Gasteiger partial charge is 0.416 e. The molecule has 3 nitrogen and oxygen atoms in total. The number of carboxylic acids is 1. The normalized spacial score (nSPS) is 12.2. The second kappa shape index (κ2) is 5.90. The van der Waals surface area contributed by atoms with Crippen molar-refractivity contribution in [2.75, 3.05) is 0 Å². The monoisotopic (exact) mass is 258 g/mol. The van der Waals surface area contributed by atoms with E-state index < -0.39 is 17.7 Å². The first-order chi connectivity index (χ1) is 8.39. The van der Waals surface area contributed by atoms with Gasteiger partial charge in [-0.05, 0) is 30.3 Å². The van der Waals surface area contributed by atoms with E-state index in [0.717, 1.165) is 18.2 Å². The summed E-state index contributed by atoms with van der Waals surface area (Å²) in [5.74, 6) is -0.878. The van der Waals surface area contributed by atoms with Gasteiger partial charge >= 0.3 is 12.1 Å². The number of hydrogen-bond donors (Lipinski definition) is 1. The number of rotatable bonds is 4. The van der Waals surface area contributed by atoms with Crippen molar-refractivity contribution in [1.82, 2.24) is 0 Å². The molecule has 96 valence electrons. The number of carbonyl (C=O) groups is 1. The highest BCUT2D eigenvalue weighted by Crippen LogP contribution is 2.30. The first-order valence-corrected chi connectivity index (χ1v) is 4.79. The van der Waals surface area contributed by atoms with Crippen LogP contribution in [0.1, 0.15) is 5.56 Å². The van der Waals surface area contributed by atoms with Crippen molar-refractivity contribution in [2.24, 2.45) is 0 Å². The summed E-state index contributed by atoms with van der Waals surface area (Å²) < 4.78 is 41.6. The van der Waals surface area contributed by atoms with Crippen molar-refractivity contribution in [1.29, 1.82) is 0 Å². The van der Waals surface area contributed by atoms with Gasteiger partial charge in [-0.2, -0.15) is 13.2 Å². The number of hydrogen-bond acceptors (Lipinski definition) is 2. The SMILES string of the molecule is O=C(O)/C=C/C=C/Oc1ccc(C(F)(F)F)cc1. The standard InChI is InChI=1S/C12H9F3O3/c13-12(14,15)9-4-6-10(7-5-9)18-8-2-1-3-11(16)17/h1-8H,(H,16,17)/b3-1+,8-2+. The highest BCUT2D eigenvalue weighted by atomic mass is 19.4. The Morgan fingerprint density at radius 2 is 1.78 bits per heavy atom. The van der Waals surface area contributed by atoms with Gasteiger partial charge < -0.3 is 9.84 Å². The third-order valence-electron chi connectivity index (χ3n) is 1.81. The van der Waals surface area contributed by atoms with Crippen LogP contribution in [0.3, 0.4) is 0 Å². The topological polar surface area (TPSA) is 46.5 Å². The van der Waals surface area contributed by atoms with E-state index in [-0.39, 0.29) is 5.75 Å². The third kappa shape index (κ3) is 4.73. The molecule has 18 heavy (non-hydrogen) atoms. The van der Waals surface area contributed by atoms with Gasteiger partial charge in [0.1, 0.15) is 5.75 Å².